The van der Waals surface area contributed by atoms with E-state index in [9.17, 15) is 18.0 Å². The van der Waals surface area contributed by atoms with E-state index in [1.54, 1.807) is 17.6 Å². The maximum Gasteiger partial charge on any atom is 0.419 e. The van der Waals surface area contributed by atoms with Crippen LogP contribution in [0, 0.1) is 24.7 Å². The van der Waals surface area contributed by atoms with Crippen LogP contribution in [0.25, 0.3) is 0 Å². The molecular formula is C25H22F3N3O2. The minimum Gasteiger partial charge on any atom is -0.487 e. The Kier molecular flexibility index (Phi) is 6.23. The molecule has 2 aromatic heterocycles. The monoisotopic (exact) mass is 453 g/mol. The molecule has 1 atom stereocenters. The number of benzene rings is 1. The molecule has 0 amide bonds. The third kappa shape index (κ3) is 5.43. The molecule has 0 N–H and O–H groups in total. The molecule has 1 saturated carbocycles. The number of aryl methyl sites for hydroxylation is 1. The predicted molar refractivity (Wildman–Crippen MR) is 117 cm³/mol. The third-order valence-corrected chi connectivity index (χ3v) is 5.49. The highest BCUT2D eigenvalue weighted by Crippen LogP contribution is 2.31. The van der Waals surface area contributed by atoms with Crippen LogP contribution in [0.4, 0.5) is 13.2 Å². The van der Waals surface area contributed by atoms with E-state index >= 15 is 0 Å². The van der Waals surface area contributed by atoms with E-state index in [0.717, 1.165) is 17.5 Å². The van der Waals surface area contributed by atoms with Crippen molar-refractivity contribution in [2.24, 2.45) is 5.92 Å². The van der Waals surface area contributed by atoms with Crippen LogP contribution < -0.4 is 10.3 Å². The van der Waals surface area contributed by atoms with Crippen molar-refractivity contribution in [3.63, 3.8) is 0 Å². The second-order valence-electron chi connectivity index (χ2n) is 8.05. The van der Waals surface area contributed by atoms with Crippen LogP contribution >= 0.6 is 0 Å². The van der Waals surface area contributed by atoms with Gasteiger partial charge in [0.15, 0.2) is 0 Å². The quantitative estimate of drug-likeness (QED) is 0.515. The molecule has 1 aromatic carbocycles. The Balaban J connectivity index is 1.51. The van der Waals surface area contributed by atoms with Crippen molar-refractivity contribution in [3.05, 3.63) is 87.4 Å². The number of aromatic nitrogens is 3. The Morgan fingerprint density at radius 2 is 1.94 bits per heavy atom. The lowest BCUT2D eigenvalue weighted by Gasteiger charge is -2.20. The van der Waals surface area contributed by atoms with Crippen molar-refractivity contribution in [2.45, 2.75) is 45.5 Å². The number of hydrogen-bond donors (Lipinski definition) is 0. The summed E-state index contributed by atoms with van der Waals surface area (Å²) in [6, 6.07) is 10.4. The lowest BCUT2D eigenvalue weighted by molar-refractivity contribution is -0.139. The lowest BCUT2D eigenvalue weighted by Crippen LogP contribution is -2.25. The molecule has 0 spiro atoms. The number of alkyl halides is 3. The Morgan fingerprint density at radius 3 is 2.58 bits per heavy atom. The standard InChI is InChI=1S/C25H22F3N3O2/c1-16-11-21(33-14-23-22(25(26,27)28)13-29-15-30-23)12-24(32)31(16)17(2)20-9-7-19(8-10-20)6-5-18-3-4-18/h7-13,15,17-18H,3-4,14H2,1-2H3/t17-/m1/s1. The van der Waals surface area contributed by atoms with Gasteiger partial charge in [-0.3, -0.25) is 4.79 Å². The van der Waals surface area contributed by atoms with E-state index in [-0.39, 0.29) is 23.0 Å². The molecule has 0 unspecified atom stereocenters. The number of halogens is 3. The van der Waals surface area contributed by atoms with Crippen LogP contribution in [0.5, 0.6) is 5.75 Å². The number of nitrogens with zero attached hydrogens (tertiary/aromatic N) is 3. The number of rotatable bonds is 5. The van der Waals surface area contributed by atoms with Crippen LogP contribution in [0.1, 0.15) is 53.9 Å². The van der Waals surface area contributed by atoms with Crippen molar-refractivity contribution in [2.75, 3.05) is 0 Å². The molecule has 1 aliphatic rings. The molecule has 1 fully saturated rings. The highest BCUT2D eigenvalue weighted by Gasteiger charge is 2.34. The molecule has 170 valence electrons. The first-order chi connectivity index (χ1) is 15.7. The van der Waals surface area contributed by atoms with Gasteiger partial charge < -0.3 is 9.30 Å². The van der Waals surface area contributed by atoms with Crippen molar-refractivity contribution in [1.29, 1.82) is 0 Å². The van der Waals surface area contributed by atoms with Crippen LogP contribution in [0.15, 0.2) is 53.7 Å². The summed E-state index contributed by atoms with van der Waals surface area (Å²) in [5, 5.41) is 0. The van der Waals surface area contributed by atoms with E-state index in [1.165, 1.54) is 18.9 Å². The summed E-state index contributed by atoms with van der Waals surface area (Å²) in [4.78, 5) is 19.9. The highest BCUT2D eigenvalue weighted by molar-refractivity contribution is 5.38. The van der Waals surface area contributed by atoms with Crippen molar-refractivity contribution in [3.8, 4) is 17.6 Å². The predicted octanol–water partition coefficient (Wildman–Crippen LogP) is 4.92. The maximum absolute atomic E-state index is 13.1. The van der Waals surface area contributed by atoms with Gasteiger partial charge in [0, 0.05) is 29.4 Å². The highest BCUT2D eigenvalue weighted by atomic mass is 19.4. The molecule has 0 radical (unpaired) electrons. The number of pyridine rings is 1. The van der Waals surface area contributed by atoms with Crippen molar-refractivity contribution >= 4 is 0 Å². The average molecular weight is 453 g/mol. The normalized spacial score (nSPS) is 14.3. The van der Waals surface area contributed by atoms with Gasteiger partial charge >= 0.3 is 6.18 Å². The maximum atomic E-state index is 13.1. The Hall–Kier alpha value is -3.60. The molecule has 4 rings (SSSR count). The van der Waals surface area contributed by atoms with Gasteiger partial charge in [-0.2, -0.15) is 13.2 Å². The first-order valence-electron chi connectivity index (χ1n) is 10.6. The van der Waals surface area contributed by atoms with Gasteiger partial charge in [0.25, 0.3) is 5.56 Å². The van der Waals surface area contributed by atoms with E-state index in [1.807, 2.05) is 31.2 Å². The van der Waals surface area contributed by atoms with Crippen LogP contribution in [-0.4, -0.2) is 14.5 Å². The molecule has 0 aliphatic heterocycles. The third-order valence-electron chi connectivity index (χ3n) is 5.49. The molecule has 2 heterocycles. The zero-order valence-corrected chi connectivity index (χ0v) is 18.2. The zero-order chi connectivity index (χ0) is 23.6. The fourth-order valence-electron chi connectivity index (χ4n) is 3.53. The zero-order valence-electron chi connectivity index (χ0n) is 18.2. The van der Waals surface area contributed by atoms with Gasteiger partial charge in [-0.1, -0.05) is 24.0 Å². The molecule has 0 saturated heterocycles. The van der Waals surface area contributed by atoms with Gasteiger partial charge in [-0.05, 0) is 50.5 Å². The summed E-state index contributed by atoms with van der Waals surface area (Å²) in [5.74, 6) is 7.10. The second kappa shape index (κ2) is 9.10. The number of ether oxygens (including phenoxy) is 1. The summed E-state index contributed by atoms with van der Waals surface area (Å²) in [7, 11) is 0. The van der Waals surface area contributed by atoms with Gasteiger partial charge in [0.2, 0.25) is 0 Å². The van der Waals surface area contributed by atoms with E-state index < -0.39 is 18.3 Å². The first kappa shape index (κ1) is 22.6. The summed E-state index contributed by atoms with van der Waals surface area (Å²) in [5.41, 5.74) is 0.942. The topological polar surface area (TPSA) is 57.0 Å². The SMILES string of the molecule is Cc1cc(OCc2ncncc2C(F)(F)F)cc(=O)n1[C@H](C)c1ccc(C#CC2CC2)cc1. The van der Waals surface area contributed by atoms with Crippen LogP contribution in [-0.2, 0) is 12.8 Å². The van der Waals surface area contributed by atoms with Gasteiger partial charge in [0.1, 0.15) is 18.7 Å². The lowest BCUT2D eigenvalue weighted by atomic mass is 10.1. The van der Waals surface area contributed by atoms with Crippen LogP contribution in [0.2, 0.25) is 0 Å². The van der Waals surface area contributed by atoms with Gasteiger partial charge in [-0.15, -0.1) is 0 Å². The summed E-state index contributed by atoms with van der Waals surface area (Å²) in [6.07, 6.45) is -0.506. The summed E-state index contributed by atoms with van der Waals surface area (Å²) < 4.78 is 46.4. The second-order valence-corrected chi connectivity index (χ2v) is 8.05. The number of hydrogen-bond acceptors (Lipinski definition) is 4. The Bertz CT molecular complexity index is 1270. The summed E-state index contributed by atoms with van der Waals surface area (Å²) in [6.45, 7) is 3.24. The molecule has 0 bridgehead atoms. The summed E-state index contributed by atoms with van der Waals surface area (Å²) >= 11 is 0. The van der Waals surface area contributed by atoms with Gasteiger partial charge in [-0.25, -0.2) is 9.97 Å². The van der Waals surface area contributed by atoms with E-state index in [2.05, 4.69) is 21.8 Å². The molecular weight excluding hydrogens is 431 g/mol. The molecule has 5 nitrogen and oxygen atoms in total. The first-order valence-corrected chi connectivity index (χ1v) is 10.6. The van der Waals surface area contributed by atoms with Crippen molar-refractivity contribution in [1.82, 2.24) is 14.5 Å². The average Bonchev–Trinajstić information content (AvgIpc) is 3.60. The minimum absolute atomic E-state index is 0.179. The molecule has 1 aliphatic carbocycles. The van der Waals surface area contributed by atoms with Crippen molar-refractivity contribution < 1.29 is 17.9 Å². The van der Waals surface area contributed by atoms with E-state index in [4.69, 9.17) is 4.74 Å². The smallest absolute Gasteiger partial charge is 0.419 e. The minimum atomic E-state index is -4.59. The fraction of sp³-hybridized carbons (Fsp3) is 0.320. The molecule has 33 heavy (non-hydrogen) atoms. The van der Waals surface area contributed by atoms with Gasteiger partial charge in [0.05, 0.1) is 17.3 Å². The molecule has 3 aromatic rings. The van der Waals surface area contributed by atoms with E-state index in [0.29, 0.717) is 17.8 Å². The Morgan fingerprint density at radius 1 is 1.21 bits per heavy atom. The van der Waals surface area contributed by atoms with Crippen LogP contribution in [0.3, 0.4) is 0 Å². The fourth-order valence-corrected chi connectivity index (χ4v) is 3.53. The molecule has 8 heteroatoms. The Labute approximate surface area is 189 Å². The largest absolute Gasteiger partial charge is 0.487 e.